The first-order valence-corrected chi connectivity index (χ1v) is 6.96. The van der Waals surface area contributed by atoms with E-state index in [-0.39, 0.29) is 11.9 Å². The minimum absolute atomic E-state index is 0.0283. The predicted molar refractivity (Wildman–Crippen MR) is 74.7 cm³/mol. The summed E-state index contributed by atoms with van der Waals surface area (Å²) in [5.74, 6) is -0.121. The Labute approximate surface area is 107 Å². The van der Waals surface area contributed by atoms with Crippen LogP contribution in [0.4, 0.5) is 0 Å². The second-order valence-electron chi connectivity index (χ2n) is 4.67. The van der Waals surface area contributed by atoms with Crippen LogP contribution in [-0.4, -0.2) is 11.9 Å². The van der Waals surface area contributed by atoms with Crippen LogP contribution in [0, 0.1) is 6.92 Å². The van der Waals surface area contributed by atoms with Gasteiger partial charge in [0.15, 0.2) is 0 Å². The highest BCUT2D eigenvalue weighted by Gasteiger charge is 2.03. The maximum absolute atomic E-state index is 11.0. The predicted octanol–water partition coefficient (Wildman–Crippen LogP) is 4.02. The largest absolute Gasteiger partial charge is 0.350 e. The van der Waals surface area contributed by atoms with Crippen molar-refractivity contribution < 1.29 is 4.79 Å². The molecule has 0 aromatic carbocycles. The molecule has 2 nitrogen and oxygen atoms in total. The number of unbranched alkanes of at least 4 members (excludes halogenated alkanes) is 7. The molecule has 0 aliphatic heterocycles. The van der Waals surface area contributed by atoms with Crippen molar-refractivity contribution in [3.63, 3.8) is 0 Å². The molecule has 0 aromatic rings. The summed E-state index contributed by atoms with van der Waals surface area (Å²) >= 11 is 0. The fourth-order valence-corrected chi connectivity index (χ4v) is 1.86. The Morgan fingerprint density at radius 2 is 1.65 bits per heavy atom. The lowest BCUT2D eigenvalue weighted by Crippen LogP contribution is -2.31. The lowest BCUT2D eigenvalue weighted by atomic mass is 10.1. The molecule has 1 amide bonds. The van der Waals surface area contributed by atoms with Gasteiger partial charge in [0, 0.05) is 6.04 Å². The molecule has 1 N–H and O–H groups in total. The summed E-state index contributed by atoms with van der Waals surface area (Å²) in [6.07, 6.45) is 12.8. The topological polar surface area (TPSA) is 29.1 Å². The van der Waals surface area contributed by atoms with Gasteiger partial charge in [-0.2, -0.15) is 0 Å². The smallest absolute Gasteiger partial charge is 0.243 e. The fraction of sp³-hybridized carbons (Fsp3) is 0.733. The second-order valence-corrected chi connectivity index (χ2v) is 4.67. The second kappa shape index (κ2) is 11.7. The Kier molecular flexibility index (Phi) is 11.1. The van der Waals surface area contributed by atoms with Gasteiger partial charge in [-0.25, -0.2) is 0 Å². The molecule has 1 atom stereocenters. The molecule has 1 radical (unpaired) electrons. The molecule has 2 heteroatoms. The van der Waals surface area contributed by atoms with Gasteiger partial charge in [0.1, 0.15) is 0 Å². The minimum atomic E-state index is -0.121. The monoisotopic (exact) mass is 238 g/mol. The molecule has 0 fully saturated rings. The Bertz CT molecular complexity index is 201. The summed E-state index contributed by atoms with van der Waals surface area (Å²) < 4.78 is 0. The molecular formula is C15H28NO. The van der Waals surface area contributed by atoms with Gasteiger partial charge in [0.05, 0.1) is 0 Å². The van der Waals surface area contributed by atoms with Crippen LogP contribution < -0.4 is 5.32 Å². The minimum Gasteiger partial charge on any atom is -0.350 e. The number of rotatable bonds is 11. The fourth-order valence-electron chi connectivity index (χ4n) is 1.86. The number of hydrogen-bond acceptors (Lipinski definition) is 1. The van der Waals surface area contributed by atoms with E-state index in [0.29, 0.717) is 0 Å². The summed E-state index contributed by atoms with van der Waals surface area (Å²) in [4.78, 5) is 11.0. The summed E-state index contributed by atoms with van der Waals surface area (Å²) in [6, 6.07) is 0.0283. The molecule has 0 aliphatic carbocycles. The molecule has 0 aromatic heterocycles. The SMILES string of the molecule is [CH2]C(CCCCCCCCCC)NC(=O)C=C. The Balaban J connectivity index is 3.21. The van der Waals surface area contributed by atoms with E-state index in [1.807, 2.05) is 0 Å². The standard InChI is InChI=1S/C15H28NO/c1-4-6-7-8-9-10-11-12-13-14(3)16-15(17)5-2/h5,14H,2-4,6-13H2,1H3,(H,16,17). The van der Waals surface area contributed by atoms with Gasteiger partial charge in [-0.1, -0.05) is 64.9 Å². The maximum Gasteiger partial charge on any atom is 0.243 e. The molecule has 1 unspecified atom stereocenters. The zero-order valence-electron chi connectivity index (χ0n) is 11.3. The normalized spacial score (nSPS) is 12.1. The van der Waals surface area contributed by atoms with Gasteiger partial charge in [-0.15, -0.1) is 0 Å². The van der Waals surface area contributed by atoms with E-state index >= 15 is 0 Å². The number of carbonyl (C=O) groups excluding carboxylic acids is 1. The van der Waals surface area contributed by atoms with Crippen LogP contribution in [0.2, 0.25) is 0 Å². The Morgan fingerprint density at radius 3 is 2.18 bits per heavy atom. The van der Waals surface area contributed by atoms with Crippen LogP contribution in [0.5, 0.6) is 0 Å². The van der Waals surface area contributed by atoms with Crippen molar-refractivity contribution in [3.8, 4) is 0 Å². The zero-order chi connectivity index (χ0) is 12.9. The van der Waals surface area contributed by atoms with Crippen LogP contribution in [0.1, 0.15) is 64.7 Å². The van der Waals surface area contributed by atoms with E-state index in [4.69, 9.17) is 0 Å². The van der Waals surface area contributed by atoms with E-state index in [2.05, 4.69) is 25.7 Å². The first-order valence-electron chi connectivity index (χ1n) is 6.96. The molecule has 0 heterocycles. The number of amides is 1. The molecule has 0 spiro atoms. The van der Waals surface area contributed by atoms with Gasteiger partial charge in [0.2, 0.25) is 5.91 Å². The number of carbonyl (C=O) groups is 1. The van der Waals surface area contributed by atoms with E-state index in [9.17, 15) is 4.79 Å². The van der Waals surface area contributed by atoms with Gasteiger partial charge >= 0.3 is 0 Å². The van der Waals surface area contributed by atoms with Crippen molar-refractivity contribution in [3.05, 3.63) is 19.6 Å². The number of hydrogen-bond donors (Lipinski definition) is 1. The van der Waals surface area contributed by atoms with Crippen molar-refractivity contribution in [2.75, 3.05) is 0 Å². The van der Waals surface area contributed by atoms with E-state index in [0.717, 1.165) is 12.8 Å². The molecule has 0 rings (SSSR count). The van der Waals surface area contributed by atoms with Gasteiger partial charge < -0.3 is 5.32 Å². The highest BCUT2D eigenvalue weighted by molar-refractivity contribution is 5.87. The maximum atomic E-state index is 11.0. The first-order chi connectivity index (χ1) is 8.20. The third-order valence-corrected chi connectivity index (χ3v) is 2.94. The van der Waals surface area contributed by atoms with E-state index in [1.54, 1.807) is 0 Å². The van der Waals surface area contributed by atoms with Gasteiger partial charge in [-0.3, -0.25) is 4.79 Å². The first kappa shape index (κ1) is 16.2. The van der Waals surface area contributed by atoms with E-state index in [1.165, 1.54) is 51.0 Å². The summed E-state index contributed by atoms with van der Waals surface area (Å²) in [7, 11) is 0. The molecule has 0 aliphatic rings. The summed E-state index contributed by atoms with van der Waals surface area (Å²) in [5, 5.41) is 2.78. The average molecular weight is 238 g/mol. The molecule has 0 bridgehead atoms. The van der Waals surface area contributed by atoms with E-state index < -0.39 is 0 Å². The quantitative estimate of drug-likeness (QED) is 0.427. The van der Waals surface area contributed by atoms with Crippen molar-refractivity contribution in [1.82, 2.24) is 5.32 Å². The van der Waals surface area contributed by atoms with Crippen molar-refractivity contribution in [2.24, 2.45) is 0 Å². The van der Waals surface area contributed by atoms with Crippen molar-refractivity contribution in [1.29, 1.82) is 0 Å². The molecule has 17 heavy (non-hydrogen) atoms. The molecular weight excluding hydrogens is 210 g/mol. The van der Waals surface area contributed by atoms with Crippen molar-refractivity contribution >= 4 is 5.91 Å². The number of nitrogens with one attached hydrogen (secondary N) is 1. The summed E-state index contributed by atoms with van der Waals surface area (Å²) in [6.45, 7) is 9.57. The highest BCUT2D eigenvalue weighted by atomic mass is 16.1. The Hall–Kier alpha value is -0.790. The van der Waals surface area contributed by atoms with Crippen LogP contribution in [0.3, 0.4) is 0 Å². The molecule has 99 valence electrons. The van der Waals surface area contributed by atoms with Crippen LogP contribution in [0.25, 0.3) is 0 Å². The zero-order valence-corrected chi connectivity index (χ0v) is 11.3. The highest BCUT2D eigenvalue weighted by Crippen LogP contribution is 2.10. The lowest BCUT2D eigenvalue weighted by Gasteiger charge is -2.11. The van der Waals surface area contributed by atoms with Gasteiger partial charge in [-0.05, 0) is 19.4 Å². The van der Waals surface area contributed by atoms with Crippen LogP contribution in [0.15, 0.2) is 12.7 Å². The molecule has 0 saturated heterocycles. The van der Waals surface area contributed by atoms with Crippen LogP contribution in [-0.2, 0) is 4.79 Å². The Morgan fingerprint density at radius 1 is 1.12 bits per heavy atom. The van der Waals surface area contributed by atoms with Crippen molar-refractivity contribution in [2.45, 2.75) is 70.8 Å². The van der Waals surface area contributed by atoms with Gasteiger partial charge in [0.25, 0.3) is 0 Å². The third kappa shape index (κ3) is 11.5. The average Bonchev–Trinajstić information content (AvgIpc) is 2.32. The third-order valence-electron chi connectivity index (χ3n) is 2.94. The van der Waals surface area contributed by atoms with Crippen LogP contribution >= 0.6 is 0 Å². The summed E-state index contributed by atoms with van der Waals surface area (Å²) in [5.41, 5.74) is 0. The molecule has 0 saturated carbocycles. The lowest BCUT2D eigenvalue weighted by molar-refractivity contribution is -0.116.